The number of phosphoric acid groups is 1. The first-order valence-electron chi connectivity index (χ1n) is 19.8. The Bertz CT molecular complexity index is 1630. The molecule has 0 radical (unpaired) electrons. The van der Waals surface area contributed by atoms with Crippen molar-refractivity contribution in [3.8, 4) is 0 Å². The molecular weight excluding hydrogens is 844 g/mol. The molecule has 12 nitrogen and oxygen atoms in total. The van der Waals surface area contributed by atoms with Crippen LogP contribution in [0.5, 0.6) is 0 Å². The number of carbonyl (C=O) groups is 2. The molecule has 2 unspecified atom stereocenters. The van der Waals surface area contributed by atoms with E-state index in [4.69, 9.17) is 72.1 Å². The molecule has 3 aromatic carbocycles. The maximum atomic E-state index is 15.0. The number of phosphoric ester groups is 1. The topological polar surface area (TPSA) is 137 Å². The monoisotopic (exact) mass is 899 g/mol. The minimum Gasteiger partial charge on any atom is -0.469 e. The maximum Gasteiger partial charge on any atom is 0.475 e. The van der Waals surface area contributed by atoms with Gasteiger partial charge in [-0.1, -0.05) is 132 Å². The zero-order valence-corrected chi connectivity index (χ0v) is 37.3. The first kappa shape index (κ1) is 49.1. The summed E-state index contributed by atoms with van der Waals surface area (Å²) in [5.74, 6) is -0.896. The minimum absolute atomic E-state index is 0.0472. The third kappa shape index (κ3) is 15.4. The average Bonchev–Trinajstić information content (AvgIpc) is 3.23. The van der Waals surface area contributed by atoms with Crippen LogP contribution in [-0.2, 0) is 56.9 Å². The molecule has 3 aromatic rings. The number of hydrogen-bond acceptors (Lipinski definition) is 12. The second kappa shape index (κ2) is 24.2. The van der Waals surface area contributed by atoms with Crippen molar-refractivity contribution in [1.29, 1.82) is 0 Å². The standard InChI is InChI=1S/C43H57Cl3NO11P/c1-41(2,43(44,45)46)58-59(50,55-32-37(56-40-26-16-18-28-54-40)31-53-27-17-8-15-25-38(48)51-3)57-36(29-39(49)52-4)30-47-42(33-19-9-5-10-20-33,34-21-11-6-12-22-34)35-23-13-7-14-24-35/h5-7,9-14,19-24,36-37,40,47H,8,15-18,25-32H2,1-4H3/t36-,37+,40?,59?/m0/s1. The Morgan fingerprint density at radius 2 is 1.37 bits per heavy atom. The molecule has 16 heteroatoms. The van der Waals surface area contributed by atoms with E-state index in [0.717, 1.165) is 36.0 Å². The fourth-order valence-electron chi connectivity index (χ4n) is 6.45. The van der Waals surface area contributed by atoms with Gasteiger partial charge in [-0.15, -0.1) is 0 Å². The van der Waals surface area contributed by atoms with Crippen molar-refractivity contribution < 1.29 is 51.4 Å². The van der Waals surface area contributed by atoms with E-state index in [1.54, 1.807) is 0 Å². The highest BCUT2D eigenvalue weighted by atomic mass is 35.6. The van der Waals surface area contributed by atoms with Gasteiger partial charge in [-0.25, -0.2) is 4.57 Å². The van der Waals surface area contributed by atoms with Crippen LogP contribution < -0.4 is 5.32 Å². The first-order chi connectivity index (χ1) is 28.2. The summed E-state index contributed by atoms with van der Waals surface area (Å²) in [6.45, 7) is 3.42. The second-order valence-electron chi connectivity index (χ2n) is 14.6. The highest BCUT2D eigenvalue weighted by Crippen LogP contribution is 2.58. The molecule has 1 heterocycles. The summed E-state index contributed by atoms with van der Waals surface area (Å²) in [6.07, 6.45) is 2.03. The van der Waals surface area contributed by atoms with Gasteiger partial charge in [0.05, 0.1) is 45.5 Å². The SMILES string of the molecule is COC(=O)CCCCCOC[C@H](COP(=O)(O[C@H](CNC(c1ccccc1)(c1ccccc1)c1ccccc1)CC(=O)OC)OC(C)(C)C(Cl)(Cl)Cl)OC1CCCCO1. The summed E-state index contributed by atoms with van der Waals surface area (Å²) >= 11 is 19.0. The van der Waals surface area contributed by atoms with E-state index >= 15 is 4.57 Å². The number of alkyl halides is 3. The van der Waals surface area contributed by atoms with Crippen LogP contribution in [0.2, 0.25) is 0 Å². The van der Waals surface area contributed by atoms with Gasteiger partial charge in [0, 0.05) is 26.2 Å². The largest absolute Gasteiger partial charge is 0.475 e. The van der Waals surface area contributed by atoms with E-state index in [1.807, 2.05) is 91.0 Å². The predicted octanol–water partition coefficient (Wildman–Crippen LogP) is 9.47. The molecule has 1 saturated heterocycles. The highest BCUT2D eigenvalue weighted by molar-refractivity contribution is 7.48. The highest BCUT2D eigenvalue weighted by Gasteiger charge is 2.49. The molecule has 0 amide bonds. The molecule has 326 valence electrons. The molecule has 0 saturated carbocycles. The molecule has 59 heavy (non-hydrogen) atoms. The lowest BCUT2D eigenvalue weighted by Gasteiger charge is -2.39. The van der Waals surface area contributed by atoms with Crippen LogP contribution >= 0.6 is 42.6 Å². The predicted molar refractivity (Wildman–Crippen MR) is 227 cm³/mol. The molecular formula is C43H57Cl3NO11P. The number of nitrogens with one attached hydrogen (secondary N) is 1. The molecule has 1 N–H and O–H groups in total. The molecule has 1 aliphatic heterocycles. The smallest absolute Gasteiger partial charge is 0.469 e. The third-order valence-corrected chi connectivity index (χ3v) is 12.8. The van der Waals surface area contributed by atoms with Crippen molar-refractivity contribution in [2.45, 2.75) is 98.6 Å². The lowest BCUT2D eigenvalue weighted by atomic mass is 9.77. The molecule has 4 rings (SSSR count). The van der Waals surface area contributed by atoms with E-state index in [1.165, 1.54) is 28.1 Å². The van der Waals surface area contributed by atoms with Crippen molar-refractivity contribution in [2.75, 3.05) is 47.2 Å². The fraction of sp³-hybridized carbons (Fsp3) is 0.535. The number of esters is 2. The first-order valence-corrected chi connectivity index (χ1v) is 22.4. The van der Waals surface area contributed by atoms with Crippen molar-refractivity contribution in [1.82, 2.24) is 5.32 Å². The Labute approximate surface area is 363 Å². The maximum absolute atomic E-state index is 15.0. The number of benzene rings is 3. The summed E-state index contributed by atoms with van der Waals surface area (Å²) in [6, 6.07) is 29.5. The van der Waals surface area contributed by atoms with E-state index in [9.17, 15) is 9.59 Å². The van der Waals surface area contributed by atoms with E-state index < -0.39 is 47.2 Å². The number of ether oxygens (including phenoxy) is 5. The number of hydrogen-bond donors (Lipinski definition) is 1. The Balaban J connectivity index is 1.64. The van der Waals surface area contributed by atoms with Gasteiger partial charge in [0.25, 0.3) is 0 Å². The van der Waals surface area contributed by atoms with Gasteiger partial charge in [-0.2, -0.15) is 0 Å². The number of halogens is 3. The zero-order valence-electron chi connectivity index (χ0n) is 34.2. The summed E-state index contributed by atoms with van der Waals surface area (Å²) < 4.78 is 59.2. The second-order valence-corrected chi connectivity index (χ2v) is 18.4. The van der Waals surface area contributed by atoms with Crippen LogP contribution in [-0.4, -0.2) is 87.0 Å². The molecule has 0 bridgehead atoms. The molecule has 4 atom stereocenters. The molecule has 1 fully saturated rings. The van der Waals surface area contributed by atoms with Crippen LogP contribution in [0.3, 0.4) is 0 Å². The lowest BCUT2D eigenvalue weighted by Crippen LogP contribution is -2.48. The Kier molecular flexibility index (Phi) is 20.1. The third-order valence-electron chi connectivity index (χ3n) is 9.74. The Morgan fingerprint density at radius 1 is 0.797 bits per heavy atom. The summed E-state index contributed by atoms with van der Waals surface area (Å²) in [5, 5.41) is 3.67. The van der Waals surface area contributed by atoms with Crippen molar-refractivity contribution >= 4 is 54.6 Å². The normalized spacial score (nSPS) is 17.1. The van der Waals surface area contributed by atoms with Gasteiger partial charge < -0.3 is 23.7 Å². The minimum atomic E-state index is -4.75. The zero-order chi connectivity index (χ0) is 42.8. The Morgan fingerprint density at radius 3 is 1.88 bits per heavy atom. The quantitative estimate of drug-likeness (QED) is 0.0285. The Hall–Kier alpha value is -2.58. The van der Waals surface area contributed by atoms with Crippen molar-refractivity contribution in [3.63, 3.8) is 0 Å². The fourth-order valence-corrected chi connectivity index (χ4v) is 8.44. The van der Waals surface area contributed by atoms with Crippen LogP contribution in [0.15, 0.2) is 91.0 Å². The van der Waals surface area contributed by atoms with Crippen molar-refractivity contribution in [3.05, 3.63) is 108 Å². The lowest BCUT2D eigenvalue weighted by molar-refractivity contribution is -0.204. The summed E-state index contributed by atoms with van der Waals surface area (Å²) in [4.78, 5) is 24.5. The van der Waals surface area contributed by atoms with Crippen molar-refractivity contribution in [2.24, 2.45) is 0 Å². The molecule has 1 aliphatic rings. The van der Waals surface area contributed by atoms with E-state index in [-0.39, 0.29) is 32.1 Å². The number of rotatable bonds is 25. The van der Waals surface area contributed by atoms with Crippen LogP contribution in [0, 0.1) is 0 Å². The van der Waals surface area contributed by atoms with Gasteiger partial charge in [-0.05, 0) is 62.6 Å². The summed E-state index contributed by atoms with van der Waals surface area (Å²) in [7, 11) is -2.14. The number of carbonyl (C=O) groups excluding carboxylic acids is 2. The van der Waals surface area contributed by atoms with Gasteiger partial charge in [0.15, 0.2) is 6.29 Å². The molecule has 0 spiro atoms. The van der Waals surface area contributed by atoms with Gasteiger partial charge >= 0.3 is 19.8 Å². The van der Waals surface area contributed by atoms with Gasteiger partial charge in [0.2, 0.25) is 3.79 Å². The number of unbranched alkanes of at least 4 members (excludes halogenated alkanes) is 2. The van der Waals surface area contributed by atoms with Crippen LogP contribution in [0.4, 0.5) is 0 Å². The van der Waals surface area contributed by atoms with Gasteiger partial charge in [-0.3, -0.25) is 28.5 Å². The molecule has 0 aliphatic carbocycles. The average molecular weight is 901 g/mol. The van der Waals surface area contributed by atoms with Gasteiger partial charge in [0.1, 0.15) is 11.7 Å². The number of methoxy groups -OCH3 is 2. The van der Waals surface area contributed by atoms with E-state index in [0.29, 0.717) is 38.9 Å². The van der Waals surface area contributed by atoms with E-state index in [2.05, 4.69) is 5.32 Å². The van der Waals surface area contributed by atoms with Crippen LogP contribution in [0.25, 0.3) is 0 Å². The van der Waals surface area contributed by atoms with Crippen LogP contribution in [0.1, 0.15) is 81.9 Å². The summed E-state index contributed by atoms with van der Waals surface area (Å²) in [5.41, 5.74) is 0.00320. The molecule has 0 aromatic heterocycles.